The zero-order valence-corrected chi connectivity index (χ0v) is 9.41. The van der Waals surface area contributed by atoms with Crippen molar-refractivity contribution in [2.24, 2.45) is 5.73 Å². The van der Waals surface area contributed by atoms with E-state index in [1.54, 1.807) is 18.5 Å². The van der Waals surface area contributed by atoms with Crippen molar-refractivity contribution in [3.8, 4) is 0 Å². The van der Waals surface area contributed by atoms with Gasteiger partial charge in [0.1, 0.15) is 17.8 Å². The Morgan fingerprint density at radius 2 is 2.31 bits per heavy atom. The van der Waals surface area contributed by atoms with Crippen LogP contribution in [0.25, 0.3) is 0 Å². The molecule has 0 aliphatic heterocycles. The molecule has 2 heterocycles. The second kappa shape index (κ2) is 4.36. The molecule has 0 aromatic carbocycles. The van der Waals surface area contributed by atoms with Crippen molar-refractivity contribution in [3.63, 3.8) is 0 Å². The molecule has 0 bridgehead atoms. The van der Waals surface area contributed by atoms with Crippen molar-refractivity contribution in [2.75, 3.05) is 0 Å². The minimum Gasteiger partial charge on any atom is -0.439 e. The summed E-state index contributed by atoms with van der Waals surface area (Å²) in [4.78, 5) is 9.10. The summed E-state index contributed by atoms with van der Waals surface area (Å²) in [7, 11) is 0. The lowest BCUT2D eigenvalue weighted by Gasteiger charge is -1.98. The van der Waals surface area contributed by atoms with E-state index >= 15 is 0 Å². The Labute approximate surface area is 96.6 Å². The number of hydrogen-bond donors (Lipinski definition) is 2. The van der Waals surface area contributed by atoms with E-state index in [9.17, 15) is 0 Å². The summed E-state index contributed by atoms with van der Waals surface area (Å²) in [6.45, 7) is 1.87. The first-order valence-electron chi connectivity index (χ1n) is 4.55. The summed E-state index contributed by atoms with van der Waals surface area (Å²) < 4.78 is 5.20. The first kappa shape index (κ1) is 10.7. The van der Waals surface area contributed by atoms with Crippen LogP contribution in [0.2, 0.25) is 0 Å². The van der Waals surface area contributed by atoms with Crippen LogP contribution in [0.5, 0.6) is 0 Å². The Hall–Kier alpha value is -1.82. The molecule has 6 heteroatoms. The van der Waals surface area contributed by atoms with E-state index in [-0.39, 0.29) is 5.84 Å². The Morgan fingerprint density at radius 3 is 2.81 bits per heavy atom. The number of nitrogens with one attached hydrogen (secondary N) is 1. The predicted octanol–water partition coefficient (Wildman–Crippen LogP) is 1.81. The van der Waals surface area contributed by atoms with Crippen LogP contribution in [0.3, 0.4) is 0 Å². The molecule has 16 heavy (non-hydrogen) atoms. The highest BCUT2D eigenvalue weighted by molar-refractivity contribution is 7.99. The number of rotatable bonds is 3. The number of aromatic nitrogens is 2. The van der Waals surface area contributed by atoms with Crippen LogP contribution < -0.4 is 5.73 Å². The van der Waals surface area contributed by atoms with Gasteiger partial charge in [-0.2, -0.15) is 0 Å². The van der Waals surface area contributed by atoms with Crippen LogP contribution >= 0.6 is 11.8 Å². The van der Waals surface area contributed by atoms with E-state index in [1.807, 2.05) is 13.0 Å². The third kappa shape index (κ3) is 2.40. The number of nitrogen functional groups attached to an aromatic ring is 1. The highest BCUT2D eigenvalue weighted by Gasteiger charge is 2.04. The Balaban J connectivity index is 2.14. The van der Waals surface area contributed by atoms with Crippen molar-refractivity contribution >= 4 is 17.6 Å². The highest BCUT2D eigenvalue weighted by Crippen LogP contribution is 2.25. The molecule has 0 aliphatic carbocycles. The summed E-state index contributed by atoms with van der Waals surface area (Å²) >= 11 is 1.38. The van der Waals surface area contributed by atoms with Crippen molar-refractivity contribution in [1.82, 2.24) is 9.97 Å². The Kier molecular flexibility index (Phi) is 2.91. The lowest BCUT2D eigenvalue weighted by Crippen LogP contribution is -2.12. The van der Waals surface area contributed by atoms with E-state index < -0.39 is 0 Å². The maximum absolute atomic E-state index is 7.21. The molecule has 0 radical (unpaired) electrons. The highest BCUT2D eigenvalue weighted by atomic mass is 32.2. The van der Waals surface area contributed by atoms with Gasteiger partial charge in [-0.3, -0.25) is 10.4 Å². The van der Waals surface area contributed by atoms with Gasteiger partial charge in [0, 0.05) is 11.1 Å². The molecule has 0 saturated carbocycles. The zero-order valence-electron chi connectivity index (χ0n) is 8.60. The molecule has 0 atom stereocenters. The molecule has 82 valence electrons. The van der Waals surface area contributed by atoms with Crippen molar-refractivity contribution < 1.29 is 4.42 Å². The van der Waals surface area contributed by atoms with E-state index in [4.69, 9.17) is 15.6 Å². The van der Waals surface area contributed by atoms with Gasteiger partial charge in [-0.15, -0.1) is 0 Å². The molecule has 2 aromatic rings. The fourth-order valence-electron chi connectivity index (χ4n) is 1.08. The quantitative estimate of drug-likeness (QED) is 0.624. The summed E-state index contributed by atoms with van der Waals surface area (Å²) in [6.07, 6.45) is 3.24. The van der Waals surface area contributed by atoms with Crippen LogP contribution in [0.1, 0.15) is 11.4 Å². The smallest absolute Gasteiger partial charge is 0.260 e. The van der Waals surface area contributed by atoms with E-state index in [2.05, 4.69) is 9.97 Å². The molecule has 0 spiro atoms. The van der Waals surface area contributed by atoms with Gasteiger partial charge in [0.25, 0.3) is 5.22 Å². The average Bonchev–Trinajstić information content (AvgIpc) is 2.65. The van der Waals surface area contributed by atoms with Crippen molar-refractivity contribution in [3.05, 3.63) is 36.0 Å². The summed E-state index contributed by atoms with van der Waals surface area (Å²) in [6, 6.07) is 3.52. The lowest BCUT2D eigenvalue weighted by molar-refractivity contribution is 0.454. The van der Waals surface area contributed by atoms with E-state index in [0.29, 0.717) is 10.9 Å². The van der Waals surface area contributed by atoms with Gasteiger partial charge < -0.3 is 10.2 Å². The number of hydrogen-bond acceptors (Lipinski definition) is 5. The third-order valence-corrected chi connectivity index (χ3v) is 2.65. The van der Waals surface area contributed by atoms with Crippen LogP contribution in [0, 0.1) is 12.3 Å². The lowest BCUT2D eigenvalue weighted by atomic mass is 10.3. The normalized spacial score (nSPS) is 10.3. The predicted molar refractivity (Wildman–Crippen MR) is 60.6 cm³/mol. The van der Waals surface area contributed by atoms with Gasteiger partial charge in [0.2, 0.25) is 0 Å². The third-order valence-electron chi connectivity index (χ3n) is 1.82. The minimum atomic E-state index is -0.0384. The molecule has 2 aromatic heterocycles. The molecule has 3 N–H and O–H groups in total. The molecule has 0 fully saturated rings. The molecule has 0 aliphatic rings. The number of pyridine rings is 1. The average molecular weight is 234 g/mol. The van der Waals surface area contributed by atoms with Gasteiger partial charge in [-0.05, 0) is 30.8 Å². The van der Waals surface area contributed by atoms with Crippen molar-refractivity contribution in [1.29, 1.82) is 5.41 Å². The van der Waals surface area contributed by atoms with Crippen LogP contribution in [-0.4, -0.2) is 15.8 Å². The van der Waals surface area contributed by atoms with Crippen molar-refractivity contribution in [2.45, 2.75) is 17.0 Å². The summed E-state index contributed by atoms with van der Waals surface area (Å²) in [5, 5.41) is 7.79. The van der Waals surface area contributed by atoms with Gasteiger partial charge in [-0.25, -0.2) is 4.98 Å². The van der Waals surface area contributed by atoms with E-state index in [0.717, 1.165) is 10.6 Å². The summed E-state index contributed by atoms with van der Waals surface area (Å²) in [5.74, 6) is -0.0384. The molecule has 2 rings (SSSR count). The van der Waals surface area contributed by atoms with Gasteiger partial charge in [-0.1, -0.05) is 0 Å². The number of nitrogens with two attached hydrogens (primary N) is 1. The second-order valence-corrected chi connectivity index (χ2v) is 4.17. The second-order valence-electron chi connectivity index (χ2n) is 3.15. The number of nitrogens with zero attached hydrogens (tertiary/aromatic N) is 2. The standard InChI is InChI=1S/C10H10N4OS/c1-6-5-15-10(14-6)16-7-2-3-8(9(11)12)13-4-7/h2-5H,1H3,(H3,11,12). The first-order chi connectivity index (χ1) is 7.65. The SMILES string of the molecule is Cc1coc(Sc2ccc(C(=N)N)nc2)n1. The number of oxazole rings is 1. The van der Waals surface area contributed by atoms with Crippen LogP contribution in [0.15, 0.2) is 39.1 Å². The van der Waals surface area contributed by atoms with Crippen LogP contribution in [0.4, 0.5) is 0 Å². The van der Waals surface area contributed by atoms with Crippen LogP contribution in [-0.2, 0) is 0 Å². The minimum absolute atomic E-state index is 0.0384. The molecule has 0 amide bonds. The monoisotopic (exact) mass is 234 g/mol. The maximum Gasteiger partial charge on any atom is 0.260 e. The van der Waals surface area contributed by atoms with Gasteiger partial charge >= 0.3 is 0 Å². The largest absolute Gasteiger partial charge is 0.439 e. The van der Waals surface area contributed by atoms with E-state index in [1.165, 1.54) is 11.8 Å². The van der Waals surface area contributed by atoms with Gasteiger partial charge in [0.05, 0.1) is 5.69 Å². The fraction of sp³-hybridized carbons (Fsp3) is 0.100. The Morgan fingerprint density at radius 1 is 1.50 bits per heavy atom. The number of aryl methyl sites for hydroxylation is 1. The zero-order chi connectivity index (χ0) is 11.5. The Bertz CT molecular complexity index is 506. The maximum atomic E-state index is 7.21. The summed E-state index contributed by atoms with van der Waals surface area (Å²) in [5.41, 5.74) is 6.61. The molecular weight excluding hydrogens is 224 g/mol. The van der Waals surface area contributed by atoms with Gasteiger partial charge in [0.15, 0.2) is 0 Å². The fourth-order valence-corrected chi connectivity index (χ4v) is 1.81. The topological polar surface area (TPSA) is 88.8 Å². The first-order valence-corrected chi connectivity index (χ1v) is 5.37. The molecule has 0 saturated heterocycles. The molecule has 0 unspecified atom stereocenters. The molecular formula is C10H10N4OS. The molecule has 5 nitrogen and oxygen atoms in total. The number of amidine groups is 1.